The van der Waals surface area contributed by atoms with Gasteiger partial charge in [-0.25, -0.2) is 4.39 Å². The number of alkyl halides is 3. The van der Waals surface area contributed by atoms with Gasteiger partial charge in [-0.05, 0) is 65.6 Å². The van der Waals surface area contributed by atoms with Gasteiger partial charge in [-0.3, -0.25) is 19.2 Å². The summed E-state index contributed by atoms with van der Waals surface area (Å²) in [6, 6.07) is 11.9. The number of methoxy groups -OCH3 is 1. The number of phenolic OH excluding ortho intramolecular Hbond substituents is 1. The number of fused-ring (bicyclic) bond motifs is 3. The summed E-state index contributed by atoms with van der Waals surface area (Å²) in [6.07, 6.45) is -4.30. The van der Waals surface area contributed by atoms with Gasteiger partial charge >= 0.3 is 6.18 Å². The lowest BCUT2D eigenvalue weighted by Gasteiger charge is -2.39. The van der Waals surface area contributed by atoms with Gasteiger partial charge in [-0.1, -0.05) is 76.9 Å². The van der Waals surface area contributed by atoms with E-state index >= 15 is 0 Å². The monoisotopic (exact) mass is 795 g/mol. The first-order valence-electron chi connectivity index (χ1n) is 19.0. The maximum absolute atomic E-state index is 14.8. The second-order valence-electron chi connectivity index (χ2n) is 14.8. The van der Waals surface area contributed by atoms with Crippen molar-refractivity contribution in [2.45, 2.75) is 96.6 Å². The summed E-state index contributed by atoms with van der Waals surface area (Å²) in [5.74, 6) is -3.89. The normalized spacial score (nSPS) is 17.4. The molecule has 5 atom stereocenters. The number of para-hydroxylation sites is 1. The number of carbonyl (C=O) groups is 4. The summed E-state index contributed by atoms with van der Waals surface area (Å²) in [5, 5.41) is 21.5. The summed E-state index contributed by atoms with van der Waals surface area (Å²) >= 11 is 0. The summed E-state index contributed by atoms with van der Waals surface area (Å²) in [5.41, 5.74) is -1.15. The average molecular weight is 796 g/mol. The molecule has 57 heavy (non-hydrogen) atoms. The van der Waals surface area contributed by atoms with Crippen molar-refractivity contribution in [2.24, 2.45) is 11.8 Å². The lowest BCUT2D eigenvalue weighted by molar-refractivity contribution is -0.139. The Morgan fingerprint density at radius 1 is 0.930 bits per heavy atom. The minimum absolute atomic E-state index is 0.0313. The van der Waals surface area contributed by atoms with Crippen LogP contribution in [0.4, 0.5) is 17.6 Å². The summed E-state index contributed by atoms with van der Waals surface area (Å²) in [4.78, 5) is 59.1. The molecule has 0 spiro atoms. The topological polar surface area (TPSA) is 162 Å². The minimum atomic E-state index is -4.66. The largest absolute Gasteiger partial charge is 0.504 e. The molecule has 6 N–H and O–H groups in total. The van der Waals surface area contributed by atoms with Crippen molar-refractivity contribution in [3.05, 3.63) is 94.4 Å². The Morgan fingerprint density at radius 3 is 2.26 bits per heavy atom. The Hall–Kier alpha value is -5.60. The van der Waals surface area contributed by atoms with Crippen LogP contribution in [0.5, 0.6) is 11.5 Å². The Kier molecular flexibility index (Phi) is 13.2. The van der Waals surface area contributed by atoms with E-state index in [2.05, 4.69) is 26.3 Å². The zero-order chi connectivity index (χ0) is 41.7. The first-order chi connectivity index (χ1) is 27.0. The number of nitrogens with one attached hydrogen (secondary N) is 5. The summed E-state index contributed by atoms with van der Waals surface area (Å²) in [6.45, 7) is 7.21. The van der Waals surface area contributed by atoms with Crippen molar-refractivity contribution < 1.29 is 46.6 Å². The zero-order valence-corrected chi connectivity index (χ0v) is 32.5. The van der Waals surface area contributed by atoms with Crippen LogP contribution in [0.2, 0.25) is 0 Å². The van der Waals surface area contributed by atoms with E-state index in [-0.39, 0.29) is 60.2 Å². The molecule has 1 aliphatic rings. The first-order valence-corrected chi connectivity index (χ1v) is 19.0. The van der Waals surface area contributed by atoms with Gasteiger partial charge in [0.2, 0.25) is 23.6 Å². The van der Waals surface area contributed by atoms with Gasteiger partial charge in [-0.15, -0.1) is 0 Å². The fraction of sp³-hybridized carbons (Fsp3) is 0.429. The highest BCUT2D eigenvalue weighted by molar-refractivity contribution is 5.99. The number of aryl methyl sites for hydroxylation is 1. The van der Waals surface area contributed by atoms with Gasteiger partial charge in [-0.2, -0.15) is 13.2 Å². The number of benzene rings is 3. The third kappa shape index (κ3) is 9.51. The SMILES string of the molecule is CCC(C)[C@H](NC(=O)Cc1ccccc1F)C(=O)N[C@]1(C(=O)NC(C(=O)NCc2ccc(O)c(OC)c2)[C@@H](C)CC)CCc2[nH]c3c(C(F)(F)F)cccc3c2C1. The quantitative estimate of drug-likeness (QED) is 0.0809. The van der Waals surface area contributed by atoms with Gasteiger partial charge in [0.1, 0.15) is 23.4 Å². The molecule has 3 aromatic carbocycles. The number of amides is 4. The van der Waals surface area contributed by atoms with E-state index in [1.165, 1.54) is 43.5 Å². The van der Waals surface area contributed by atoms with Crippen molar-refractivity contribution in [1.82, 2.24) is 26.3 Å². The van der Waals surface area contributed by atoms with Crippen LogP contribution in [0, 0.1) is 17.7 Å². The van der Waals surface area contributed by atoms with Crippen molar-refractivity contribution in [2.75, 3.05) is 7.11 Å². The molecule has 1 aromatic heterocycles. The average Bonchev–Trinajstić information content (AvgIpc) is 3.56. The molecular formula is C42H49F4N5O6. The predicted octanol–water partition coefficient (Wildman–Crippen LogP) is 6.00. The van der Waals surface area contributed by atoms with Gasteiger partial charge in [0.25, 0.3) is 0 Å². The first kappa shape index (κ1) is 42.5. The van der Waals surface area contributed by atoms with Crippen LogP contribution in [0.25, 0.3) is 10.9 Å². The second kappa shape index (κ2) is 17.7. The predicted molar refractivity (Wildman–Crippen MR) is 206 cm³/mol. The Labute approximate surface area is 328 Å². The molecule has 1 aliphatic carbocycles. The molecule has 15 heteroatoms. The summed E-state index contributed by atoms with van der Waals surface area (Å²) < 4.78 is 61.9. The van der Waals surface area contributed by atoms with Crippen molar-refractivity contribution in [3.8, 4) is 11.5 Å². The van der Waals surface area contributed by atoms with E-state index < -0.39 is 70.6 Å². The molecule has 0 radical (unpaired) electrons. The number of halogens is 4. The van der Waals surface area contributed by atoms with Crippen LogP contribution in [0.15, 0.2) is 60.7 Å². The fourth-order valence-corrected chi connectivity index (χ4v) is 7.23. The number of hydrogen-bond donors (Lipinski definition) is 6. The van der Waals surface area contributed by atoms with Crippen LogP contribution < -0.4 is 26.0 Å². The Morgan fingerprint density at radius 2 is 1.61 bits per heavy atom. The van der Waals surface area contributed by atoms with Crippen LogP contribution in [-0.2, 0) is 51.2 Å². The number of carbonyl (C=O) groups excluding carboxylic acids is 4. The van der Waals surface area contributed by atoms with E-state index in [0.29, 0.717) is 29.7 Å². The Bertz CT molecular complexity index is 2120. The number of ether oxygens (including phenoxy) is 1. The molecular weight excluding hydrogens is 746 g/mol. The summed E-state index contributed by atoms with van der Waals surface area (Å²) in [7, 11) is 1.39. The van der Waals surface area contributed by atoms with Crippen LogP contribution >= 0.6 is 0 Å². The smallest absolute Gasteiger partial charge is 0.418 e. The lowest BCUT2D eigenvalue weighted by atomic mass is 9.78. The van der Waals surface area contributed by atoms with Crippen molar-refractivity contribution >= 4 is 34.5 Å². The second-order valence-corrected chi connectivity index (χ2v) is 14.8. The molecule has 5 rings (SSSR count). The van der Waals surface area contributed by atoms with E-state index in [1.807, 2.05) is 13.8 Å². The minimum Gasteiger partial charge on any atom is -0.504 e. The Balaban J connectivity index is 1.49. The number of aromatic nitrogens is 1. The van der Waals surface area contributed by atoms with Crippen molar-refractivity contribution in [1.29, 1.82) is 0 Å². The molecule has 0 saturated heterocycles. The molecule has 0 fully saturated rings. The molecule has 0 saturated carbocycles. The van der Waals surface area contributed by atoms with Crippen molar-refractivity contribution in [3.63, 3.8) is 0 Å². The van der Waals surface area contributed by atoms with Gasteiger partial charge < -0.3 is 36.1 Å². The van der Waals surface area contributed by atoms with Crippen LogP contribution in [0.1, 0.15) is 74.9 Å². The number of phenols is 1. The van der Waals surface area contributed by atoms with Crippen LogP contribution in [-0.4, -0.2) is 58.5 Å². The van der Waals surface area contributed by atoms with E-state index in [1.54, 1.807) is 32.0 Å². The molecule has 4 aromatic rings. The molecule has 306 valence electrons. The highest BCUT2D eigenvalue weighted by Gasteiger charge is 2.47. The molecule has 11 nitrogen and oxygen atoms in total. The van der Waals surface area contributed by atoms with Gasteiger partial charge in [0, 0.05) is 24.0 Å². The maximum atomic E-state index is 14.8. The van der Waals surface area contributed by atoms with Gasteiger partial charge in [0.05, 0.1) is 24.6 Å². The number of aromatic hydroxyl groups is 1. The molecule has 0 bridgehead atoms. The third-order valence-corrected chi connectivity index (χ3v) is 11.0. The molecule has 2 unspecified atom stereocenters. The highest BCUT2D eigenvalue weighted by Crippen LogP contribution is 2.40. The fourth-order valence-electron chi connectivity index (χ4n) is 7.23. The number of aromatic amines is 1. The lowest BCUT2D eigenvalue weighted by Crippen LogP contribution is -2.67. The van der Waals surface area contributed by atoms with Gasteiger partial charge in [0.15, 0.2) is 11.5 Å². The molecule has 1 heterocycles. The molecule has 4 amide bonds. The number of hydrogen-bond acceptors (Lipinski definition) is 6. The van der Waals surface area contributed by atoms with E-state index in [4.69, 9.17) is 4.74 Å². The third-order valence-electron chi connectivity index (χ3n) is 11.0. The van der Waals surface area contributed by atoms with Crippen LogP contribution in [0.3, 0.4) is 0 Å². The maximum Gasteiger partial charge on any atom is 0.418 e. The van der Waals surface area contributed by atoms with E-state index in [0.717, 1.165) is 6.07 Å². The number of rotatable bonds is 15. The highest BCUT2D eigenvalue weighted by atomic mass is 19.4. The standard InChI is InChI=1S/C42H49F4N5O6/c1-6-23(3)35(38(54)47-22-25-15-16-32(52)33(19-25)57-5)50-40(56)41(18-17-31-28(21-41)27-12-10-13-29(37(27)48-31)42(44,45)46)51-39(55)36(24(4)7-2)49-34(53)20-26-11-8-9-14-30(26)43/h8-16,19,23-24,35-36,48,52H,6-7,17-18,20-22H2,1-5H3,(H,47,54)(H,49,53)(H,50,56)(H,51,55)/t23-,24?,35?,36-,41+/m0/s1. The number of H-pyrrole nitrogens is 1. The zero-order valence-electron chi connectivity index (χ0n) is 32.5. The van der Waals surface area contributed by atoms with E-state index in [9.17, 15) is 41.8 Å². The molecule has 0 aliphatic heterocycles.